The number of carbonyl (C=O) groups excluding carboxylic acids is 1. The van der Waals surface area contributed by atoms with Gasteiger partial charge >= 0.3 is 5.97 Å². The van der Waals surface area contributed by atoms with Crippen LogP contribution in [0.2, 0.25) is 0 Å². The Balaban J connectivity index is 1.61. The van der Waals surface area contributed by atoms with Crippen molar-refractivity contribution in [3.05, 3.63) is 42.1 Å². The van der Waals surface area contributed by atoms with Crippen molar-refractivity contribution in [2.75, 3.05) is 19.8 Å². The molecular formula is C18H21N3O4. The highest BCUT2D eigenvalue weighted by molar-refractivity contribution is 5.93. The van der Waals surface area contributed by atoms with Gasteiger partial charge in [-0.2, -0.15) is 5.10 Å². The molecular weight excluding hydrogens is 322 g/mol. The Labute approximate surface area is 145 Å². The molecule has 132 valence electrons. The molecule has 0 radical (unpaired) electrons. The normalized spacial score (nSPS) is 16.3. The van der Waals surface area contributed by atoms with Gasteiger partial charge in [0.25, 0.3) is 5.91 Å². The van der Waals surface area contributed by atoms with Gasteiger partial charge in [0, 0.05) is 25.3 Å². The summed E-state index contributed by atoms with van der Waals surface area (Å²) in [5.74, 6) is -1.83. The van der Waals surface area contributed by atoms with Crippen molar-refractivity contribution in [3.63, 3.8) is 0 Å². The number of amides is 1. The van der Waals surface area contributed by atoms with E-state index in [0.717, 1.165) is 5.56 Å². The molecule has 3 rings (SSSR count). The minimum absolute atomic E-state index is 0.0215. The first-order chi connectivity index (χ1) is 12.1. The van der Waals surface area contributed by atoms with Crippen molar-refractivity contribution in [1.82, 2.24) is 15.5 Å². The third-order valence-electron chi connectivity index (χ3n) is 4.53. The summed E-state index contributed by atoms with van der Waals surface area (Å²) in [6, 6.07) is 11.2. The molecule has 0 spiro atoms. The zero-order chi connectivity index (χ0) is 17.6. The number of carboxylic acids is 1. The van der Waals surface area contributed by atoms with Crippen molar-refractivity contribution in [2.24, 2.45) is 11.8 Å². The molecule has 1 aliphatic heterocycles. The number of nitrogens with zero attached hydrogens (tertiary/aromatic N) is 1. The summed E-state index contributed by atoms with van der Waals surface area (Å²) in [4.78, 5) is 23.8. The number of aromatic amines is 1. The van der Waals surface area contributed by atoms with E-state index in [4.69, 9.17) is 4.74 Å². The fourth-order valence-electron chi connectivity index (χ4n) is 3.07. The van der Waals surface area contributed by atoms with Crippen LogP contribution in [0, 0.1) is 11.8 Å². The van der Waals surface area contributed by atoms with Crippen molar-refractivity contribution in [1.29, 1.82) is 0 Å². The van der Waals surface area contributed by atoms with Gasteiger partial charge in [-0.05, 0) is 24.8 Å². The van der Waals surface area contributed by atoms with Gasteiger partial charge < -0.3 is 15.2 Å². The quantitative estimate of drug-likeness (QED) is 0.743. The van der Waals surface area contributed by atoms with Crippen LogP contribution in [0.15, 0.2) is 36.4 Å². The summed E-state index contributed by atoms with van der Waals surface area (Å²) >= 11 is 0. The molecule has 7 heteroatoms. The van der Waals surface area contributed by atoms with Crippen molar-refractivity contribution < 1.29 is 19.4 Å². The molecule has 0 aliphatic carbocycles. The highest BCUT2D eigenvalue weighted by atomic mass is 16.5. The fraction of sp³-hybridized carbons (Fsp3) is 0.389. The van der Waals surface area contributed by atoms with E-state index in [9.17, 15) is 14.7 Å². The first-order valence-electron chi connectivity index (χ1n) is 8.34. The summed E-state index contributed by atoms with van der Waals surface area (Å²) in [5.41, 5.74) is 1.89. The van der Waals surface area contributed by atoms with Crippen LogP contribution in [0.1, 0.15) is 23.3 Å². The lowest BCUT2D eigenvalue weighted by Gasteiger charge is -2.27. The number of H-pyrrole nitrogens is 1. The zero-order valence-electron chi connectivity index (χ0n) is 13.8. The number of rotatable bonds is 6. The lowest BCUT2D eigenvalue weighted by Crippen LogP contribution is -2.39. The topological polar surface area (TPSA) is 104 Å². The van der Waals surface area contributed by atoms with Crippen LogP contribution < -0.4 is 5.32 Å². The number of benzene rings is 1. The number of carbonyl (C=O) groups is 2. The van der Waals surface area contributed by atoms with Crippen LogP contribution in [0.5, 0.6) is 0 Å². The zero-order valence-corrected chi connectivity index (χ0v) is 13.8. The molecule has 0 saturated carbocycles. The third-order valence-corrected chi connectivity index (χ3v) is 4.53. The summed E-state index contributed by atoms with van der Waals surface area (Å²) < 4.78 is 5.28. The Morgan fingerprint density at radius 3 is 2.68 bits per heavy atom. The molecule has 1 fully saturated rings. The molecule has 1 aromatic heterocycles. The highest BCUT2D eigenvalue weighted by Gasteiger charge is 2.30. The van der Waals surface area contributed by atoms with E-state index < -0.39 is 11.9 Å². The molecule has 3 N–H and O–H groups in total. The van der Waals surface area contributed by atoms with Crippen LogP contribution in [0.4, 0.5) is 0 Å². The van der Waals surface area contributed by atoms with Crippen LogP contribution in [0.3, 0.4) is 0 Å². The van der Waals surface area contributed by atoms with Gasteiger partial charge in [0.2, 0.25) is 0 Å². The van der Waals surface area contributed by atoms with Crippen molar-refractivity contribution in [3.8, 4) is 11.3 Å². The van der Waals surface area contributed by atoms with Crippen LogP contribution in [-0.2, 0) is 9.53 Å². The summed E-state index contributed by atoms with van der Waals surface area (Å²) in [5, 5.41) is 19.0. The molecule has 1 aromatic carbocycles. The first-order valence-corrected chi connectivity index (χ1v) is 8.34. The van der Waals surface area contributed by atoms with E-state index in [1.54, 1.807) is 6.07 Å². The maximum atomic E-state index is 12.3. The van der Waals surface area contributed by atoms with Crippen LogP contribution in [0.25, 0.3) is 11.3 Å². The predicted molar refractivity (Wildman–Crippen MR) is 91.0 cm³/mol. The van der Waals surface area contributed by atoms with Gasteiger partial charge in [0.1, 0.15) is 5.69 Å². The largest absolute Gasteiger partial charge is 0.481 e. The Kier molecular flexibility index (Phi) is 5.45. The van der Waals surface area contributed by atoms with Gasteiger partial charge in [-0.25, -0.2) is 0 Å². The standard InChI is InChI=1S/C18H21N3O4/c22-17(16-10-15(20-21-16)13-4-2-1-3-5-13)19-11-14(18(23)24)12-6-8-25-9-7-12/h1-5,10,12,14H,6-9,11H2,(H,19,22)(H,20,21)(H,23,24). The second kappa shape index (κ2) is 7.94. The summed E-state index contributed by atoms with van der Waals surface area (Å²) in [6.45, 7) is 1.24. The molecule has 0 bridgehead atoms. The van der Waals surface area contributed by atoms with Gasteiger partial charge in [0.05, 0.1) is 11.6 Å². The lowest BCUT2D eigenvalue weighted by atomic mass is 9.86. The second-order valence-corrected chi connectivity index (χ2v) is 6.14. The summed E-state index contributed by atoms with van der Waals surface area (Å²) in [6.07, 6.45) is 1.41. The van der Waals surface area contributed by atoms with Crippen molar-refractivity contribution in [2.45, 2.75) is 12.8 Å². The molecule has 1 aliphatic rings. The minimum atomic E-state index is -0.887. The van der Waals surface area contributed by atoms with Gasteiger partial charge in [-0.15, -0.1) is 0 Å². The number of aromatic nitrogens is 2. The smallest absolute Gasteiger partial charge is 0.308 e. The van der Waals surface area contributed by atoms with Gasteiger partial charge in [-0.1, -0.05) is 30.3 Å². The number of ether oxygens (including phenoxy) is 1. The molecule has 2 heterocycles. The second-order valence-electron chi connectivity index (χ2n) is 6.14. The average Bonchev–Trinajstić information content (AvgIpc) is 3.13. The Morgan fingerprint density at radius 2 is 2.00 bits per heavy atom. The van der Waals surface area contributed by atoms with Gasteiger partial charge in [0.15, 0.2) is 0 Å². The number of hydrogen-bond donors (Lipinski definition) is 3. The number of hydrogen-bond acceptors (Lipinski definition) is 4. The fourth-order valence-corrected chi connectivity index (χ4v) is 3.07. The molecule has 7 nitrogen and oxygen atoms in total. The Hall–Kier alpha value is -2.67. The number of aliphatic carboxylic acids is 1. The lowest BCUT2D eigenvalue weighted by molar-refractivity contribution is -0.144. The van der Waals surface area contributed by atoms with Crippen LogP contribution >= 0.6 is 0 Å². The molecule has 1 unspecified atom stereocenters. The monoisotopic (exact) mass is 343 g/mol. The predicted octanol–water partition coefficient (Wildman–Crippen LogP) is 1.93. The Morgan fingerprint density at radius 1 is 1.28 bits per heavy atom. The highest BCUT2D eigenvalue weighted by Crippen LogP contribution is 2.24. The molecule has 1 amide bonds. The van der Waals surface area contributed by atoms with Crippen molar-refractivity contribution >= 4 is 11.9 Å². The first kappa shape index (κ1) is 17.2. The molecule has 1 saturated heterocycles. The van der Waals surface area contributed by atoms with Gasteiger partial charge in [-0.3, -0.25) is 14.7 Å². The molecule has 1 atom stereocenters. The van der Waals surface area contributed by atoms with E-state index >= 15 is 0 Å². The average molecular weight is 343 g/mol. The van der Waals surface area contributed by atoms with E-state index in [0.29, 0.717) is 37.4 Å². The molecule has 2 aromatic rings. The number of carboxylic acid groups (broad SMARTS) is 1. The van der Waals surface area contributed by atoms with E-state index in [2.05, 4.69) is 15.5 Å². The molecule has 25 heavy (non-hydrogen) atoms. The van der Waals surface area contributed by atoms with E-state index in [1.165, 1.54) is 0 Å². The maximum absolute atomic E-state index is 12.3. The SMILES string of the molecule is O=C(NCC(C(=O)O)C1CCOCC1)c1cc(-c2ccccc2)n[nH]1. The van der Waals surface area contributed by atoms with E-state index in [1.807, 2.05) is 30.3 Å². The van der Waals surface area contributed by atoms with E-state index in [-0.39, 0.29) is 18.4 Å². The minimum Gasteiger partial charge on any atom is -0.481 e. The maximum Gasteiger partial charge on any atom is 0.308 e. The van der Waals surface area contributed by atoms with Crippen LogP contribution in [-0.4, -0.2) is 46.9 Å². The third kappa shape index (κ3) is 4.24. The summed E-state index contributed by atoms with van der Waals surface area (Å²) in [7, 11) is 0. The number of nitrogens with one attached hydrogen (secondary N) is 2. The Bertz CT molecular complexity index is 723.